The fourth-order valence-electron chi connectivity index (χ4n) is 3.02. The highest BCUT2D eigenvalue weighted by atomic mass is 16.5. The Morgan fingerprint density at radius 2 is 1.35 bits per heavy atom. The van der Waals surface area contributed by atoms with Gasteiger partial charge in [-0.25, -0.2) is 0 Å². The van der Waals surface area contributed by atoms with Gasteiger partial charge in [-0.1, -0.05) is 71.6 Å². The average Bonchev–Trinajstić information content (AvgIpc) is 2.40. The van der Waals surface area contributed by atoms with Gasteiger partial charge in [-0.3, -0.25) is 0 Å². The lowest BCUT2D eigenvalue weighted by Gasteiger charge is -2.19. The highest BCUT2D eigenvalue weighted by Gasteiger charge is 2.08. The fourth-order valence-corrected chi connectivity index (χ4v) is 3.02. The lowest BCUT2D eigenvalue weighted by molar-refractivity contribution is 0.109. The van der Waals surface area contributed by atoms with Crippen LogP contribution in [0.4, 0.5) is 0 Å². The molecule has 0 heterocycles. The lowest BCUT2D eigenvalue weighted by Crippen LogP contribution is -2.32. The molecule has 0 aliphatic heterocycles. The Morgan fingerprint density at radius 3 is 1.85 bits per heavy atom. The number of rotatable bonds is 6. The molecule has 0 aromatic rings. The second kappa shape index (κ2) is 12.6. The lowest BCUT2D eigenvalue weighted by atomic mass is 9.98. The van der Waals surface area contributed by atoms with E-state index < -0.39 is 0 Å². The summed E-state index contributed by atoms with van der Waals surface area (Å²) in [5.41, 5.74) is 0. The molecular weight excluding hydrogens is 246 g/mol. The first-order valence-electron chi connectivity index (χ1n) is 9.10. The van der Waals surface area contributed by atoms with Crippen molar-refractivity contribution in [2.24, 2.45) is 5.92 Å². The largest absolute Gasteiger partial charge is 0.380 e. The molecule has 20 heavy (non-hydrogen) atoms. The maximum atomic E-state index is 5.66. The standard InChI is InChI=1S/C18H37NO/c1-17(2)16-20-15-14-19-18-12-10-8-6-4-3-5-7-9-11-13-18/h17-19H,3-16H2,1-2H3. The van der Waals surface area contributed by atoms with Crippen LogP contribution in [0.25, 0.3) is 0 Å². The van der Waals surface area contributed by atoms with Crippen LogP contribution in [0.5, 0.6) is 0 Å². The molecule has 1 aliphatic rings. The van der Waals surface area contributed by atoms with E-state index in [9.17, 15) is 0 Å². The van der Waals surface area contributed by atoms with Gasteiger partial charge in [0.2, 0.25) is 0 Å². The second-order valence-electron chi connectivity index (χ2n) is 6.88. The molecule has 0 bridgehead atoms. The highest BCUT2D eigenvalue weighted by molar-refractivity contribution is 4.68. The summed E-state index contributed by atoms with van der Waals surface area (Å²) < 4.78 is 5.66. The molecule has 0 aromatic heterocycles. The van der Waals surface area contributed by atoms with Crippen LogP contribution in [0, 0.1) is 5.92 Å². The summed E-state index contributed by atoms with van der Waals surface area (Å²) in [6.45, 7) is 7.21. The van der Waals surface area contributed by atoms with Crippen molar-refractivity contribution in [2.75, 3.05) is 19.8 Å². The topological polar surface area (TPSA) is 21.3 Å². The fraction of sp³-hybridized carbons (Fsp3) is 1.00. The Kier molecular flexibility index (Phi) is 11.4. The van der Waals surface area contributed by atoms with Crippen molar-refractivity contribution in [1.82, 2.24) is 5.32 Å². The smallest absolute Gasteiger partial charge is 0.0591 e. The van der Waals surface area contributed by atoms with E-state index in [1.165, 1.54) is 70.6 Å². The van der Waals surface area contributed by atoms with Crippen LogP contribution < -0.4 is 5.32 Å². The van der Waals surface area contributed by atoms with Crippen LogP contribution in [-0.4, -0.2) is 25.8 Å². The minimum Gasteiger partial charge on any atom is -0.380 e. The SMILES string of the molecule is CC(C)COCCNC1CCCCCCCCCCC1. The third kappa shape index (κ3) is 10.7. The molecule has 120 valence electrons. The zero-order chi connectivity index (χ0) is 14.5. The van der Waals surface area contributed by atoms with Crippen molar-refractivity contribution < 1.29 is 4.74 Å². The first-order chi connectivity index (χ1) is 9.79. The molecule has 2 nitrogen and oxygen atoms in total. The van der Waals surface area contributed by atoms with E-state index in [1.807, 2.05) is 0 Å². The molecule has 1 saturated carbocycles. The van der Waals surface area contributed by atoms with Crippen molar-refractivity contribution >= 4 is 0 Å². The van der Waals surface area contributed by atoms with Gasteiger partial charge >= 0.3 is 0 Å². The Labute approximate surface area is 127 Å². The van der Waals surface area contributed by atoms with Crippen molar-refractivity contribution in [2.45, 2.75) is 90.5 Å². The summed E-state index contributed by atoms with van der Waals surface area (Å²) >= 11 is 0. The van der Waals surface area contributed by atoms with Crippen LogP contribution in [-0.2, 0) is 4.74 Å². The molecule has 1 rings (SSSR count). The molecule has 0 atom stereocenters. The number of hydrogen-bond donors (Lipinski definition) is 1. The summed E-state index contributed by atoms with van der Waals surface area (Å²) in [5, 5.41) is 3.72. The van der Waals surface area contributed by atoms with E-state index >= 15 is 0 Å². The Morgan fingerprint density at radius 1 is 0.850 bits per heavy atom. The summed E-state index contributed by atoms with van der Waals surface area (Å²) in [6.07, 6.45) is 15.7. The molecule has 0 spiro atoms. The Balaban J connectivity index is 2.11. The van der Waals surface area contributed by atoms with Crippen molar-refractivity contribution in [3.05, 3.63) is 0 Å². The third-order valence-corrected chi connectivity index (χ3v) is 4.24. The molecule has 0 amide bonds. The predicted octanol–water partition coefficient (Wildman–Crippen LogP) is 4.92. The summed E-state index contributed by atoms with van der Waals surface area (Å²) in [4.78, 5) is 0. The minimum atomic E-state index is 0.649. The van der Waals surface area contributed by atoms with Gasteiger partial charge in [0.25, 0.3) is 0 Å². The monoisotopic (exact) mass is 283 g/mol. The minimum absolute atomic E-state index is 0.649. The van der Waals surface area contributed by atoms with E-state index in [-0.39, 0.29) is 0 Å². The van der Waals surface area contributed by atoms with Gasteiger partial charge in [0, 0.05) is 19.2 Å². The van der Waals surface area contributed by atoms with Crippen LogP contribution in [0.1, 0.15) is 84.5 Å². The molecule has 0 saturated heterocycles. The average molecular weight is 283 g/mol. The van der Waals surface area contributed by atoms with Crippen molar-refractivity contribution in [3.8, 4) is 0 Å². The summed E-state index contributed by atoms with van der Waals surface area (Å²) in [5.74, 6) is 0.649. The highest BCUT2D eigenvalue weighted by Crippen LogP contribution is 2.16. The maximum absolute atomic E-state index is 5.66. The quantitative estimate of drug-likeness (QED) is 0.698. The molecular formula is C18H37NO. The van der Waals surface area contributed by atoms with E-state index in [0.29, 0.717) is 5.92 Å². The van der Waals surface area contributed by atoms with E-state index in [1.54, 1.807) is 0 Å². The molecule has 1 aliphatic carbocycles. The van der Waals surface area contributed by atoms with E-state index in [4.69, 9.17) is 4.74 Å². The summed E-state index contributed by atoms with van der Waals surface area (Å²) in [6, 6.07) is 0.733. The van der Waals surface area contributed by atoms with Crippen LogP contribution in [0.2, 0.25) is 0 Å². The Hall–Kier alpha value is -0.0800. The Bertz CT molecular complexity index is 194. The van der Waals surface area contributed by atoms with Crippen LogP contribution in [0.15, 0.2) is 0 Å². The van der Waals surface area contributed by atoms with Gasteiger partial charge < -0.3 is 10.1 Å². The summed E-state index contributed by atoms with van der Waals surface area (Å²) in [7, 11) is 0. The van der Waals surface area contributed by atoms with Crippen LogP contribution >= 0.6 is 0 Å². The zero-order valence-corrected chi connectivity index (χ0v) is 14.0. The van der Waals surface area contributed by atoms with Crippen LogP contribution in [0.3, 0.4) is 0 Å². The predicted molar refractivity (Wildman–Crippen MR) is 88.2 cm³/mol. The molecule has 0 radical (unpaired) electrons. The van der Waals surface area contributed by atoms with Gasteiger partial charge in [-0.15, -0.1) is 0 Å². The van der Waals surface area contributed by atoms with E-state index in [2.05, 4.69) is 19.2 Å². The van der Waals surface area contributed by atoms with Gasteiger partial charge in [0.1, 0.15) is 0 Å². The van der Waals surface area contributed by atoms with Gasteiger partial charge in [0.05, 0.1) is 6.61 Å². The van der Waals surface area contributed by atoms with E-state index in [0.717, 1.165) is 25.8 Å². The molecule has 2 heteroatoms. The third-order valence-electron chi connectivity index (χ3n) is 4.24. The maximum Gasteiger partial charge on any atom is 0.0591 e. The van der Waals surface area contributed by atoms with Crippen molar-refractivity contribution in [1.29, 1.82) is 0 Å². The number of hydrogen-bond acceptors (Lipinski definition) is 2. The molecule has 1 fully saturated rings. The van der Waals surface area contributed by atoms with Gasteiger partial charge in [0.15, 0.2) is 0 Å². The number of nitrogens with one attached hydrogen (secondary N) is 1. The first kappa shape index (κ1) is 18.0. The second-order valence-corrected chi connectivity index (χ2v) is 6.88. The van der Waals surface area contributed by atoms with Gasteiger partial charge in [-0.05, 0) is 18.8 Å². The number of ether oxygens (including phenoxy) is 1. The molecule has 1 N–H and O–H groups in total. The molecule has 0 unspecified atom stereocenters. The first-order valence-corrected chi connectivity index (χ1v) is 9.10. The van der Waals surface area contributed by atoms with Crippen molar-refractivity contribution in [3.63, 3.8) is 0 Å². The van der Waals surface area contributed by atoms with Gasteiger partial charge in [-0.2, -0.15) is 0 Å². The normalized spacial score (nSPS) is 20.6. The molecule has 0 aromatic carbocycles. The zero-order valence-electron chi connectivity index (χ0n) is 14.0.